The van der Waals surface area contributed by atoms with Crippen molar-refractivity contribution < 1.29 is 9.47 Å². The third-order valence-electron chi connectivity index (χ3n) is 2.98. The minimum Gasteiger partial charge on any atom is -0.486 e. The molecule has 0 atom stereocenters. The smallest absolute Gasteiger partial charge is 0.168 e. The molecule has 0 saturated heterocycles. The summed E-state index contributed by atoms with van der Waals surface area (Å²) in [5.41, 5.74) is 2.56. The van der Waals surface area contributed by atoms with E-state index in [9.17, 15) is 0 Å². The molecule has 2 aliphatic rings. The van der Waals surface area contributed by atoms with Crippen LogP contribution in [0.15, 0.2) is 24.3 Å². The van der Waals surface area contributed by atoms with Crippen LogP contribution in [-0.4, -0.2) is 26.3 Å². The van der Waals surface area contributed by atoms with Gasteiger partial charge in [0.25, 0.3) is 0 Å². The van der Waals surface area contributed by atoms with Gasteiger partial charge < -0.3 is 14.8 Å². The summed E-state index contributed by atoms with van der Waals surface area (Å²) < 4.78 is 11.3. The van der Waals surface area contributed by atoms with Gasteiger partial charge in [0.05, 0.1) is 0 Å². The van der Waals surface area contributed by atoms with Gasteiger partial charge in [-0.3, -0.25) is 0 Å². The average molecular weight is 217 g/mol. The van der Waals surface area contributed by atoms with E-state index >= 15 is 0 Å². The first-order valence-corrected chi connectivity index (χ1v) is 5.74. The third kappa shape index (κ3) is 1.67. The lowest BCUT2D eigenvalue weighted by Gasteiger charge is -2.23. The predicted octanol–water partition coefficient (Wildman–Crippen LogP) is 1.83. The largest absolute Gasteiger partial charge is 0.486 e. The number of para-hydroxylation sites is 1. The molecule has 0 radical (unpaired) electrons. The van der Waals surface area contributed by atoms with Crippen LogP contribution in [0.5, 0.6) is 11.5 Å². The summed E-state index contributed by atoms with van der Waals surface area (Å²) in [5, 5.41) is 3.32. The highest BCUT2D eigenvalue weighted by Gasteiger charge is 2.18. The normalized spacial score (nSPS) is 19.1. The molecule has 0 unspecified atom stereocenters. The molecular weight excluding hydrogens is 202 g/mol. The average Bonchev–Trinajstić information content (AvgIpc) is 2.39. The second-order valence-electron chi connectivity index (χ2n) is 4.01. The summed E-state index contributed by atoms with van der Waals surface area (Å²) in [6, 6.07) is 6.12. The maximum Gasteiger partial charge on any atom is 0.168 e. The minimum atomic E-state index is 0.648. The Hall–Kier alpha value is -1.48. The van der Waals surface area contributed by atoms with Gasteiger partial charge in [-0.15, -0.1) is 0 Å². The van der Waals surface area contributed by atoms with Crippen LogP contribution >= 0.6 is 0 Å². The number of fused-ring (bicyclic) bond motifs is 1. The molecule has 3 nitrogen and oxygen atoms in total. The van der Waals surface area contributed by atoms with Gasteiger partial charge in [-0.25, -0.2) is 0 Å². The number of hydrogen-bond acceptors (Lipinski definition) is 3. The maximum atomic E-state index is 5.72. The Morgan fingerprint density at radius 2 is 2.06 bits per heavy atom. The number of rotatable bonds is 1. The Bertz CT molecular complexity index is 426. The summed E-state index contributed by atoms with van der Waals surface area (Å²) in [7, 11) is 0. The molecule has 16 heavy (non-hydrogen) atoms. The number of ether oxygens (including phenoxy) is 2. The molecule has 0 fully saturated rings. The van der Waals surface area contributed by atoms with Crippen LogP contribution in [0, 0.1) is 0 Å². The molecule has 0 saturated carbocycles. The Balaban J connectivity index is 2.03. The van der Waals surface area contributed by atoms with Gasteiger partial charge in [0.1, 0.15) is 13.2 Å². The number of benzene rings is 1. The third-order valence-corrected chi connectivity index (χ3v) is 2.98. The Morgan fingerprint density at radius 3 is 2.94 bits per heavy atom. The summed E-state index contributed by atoms with van der Waals surface area (Å²) >= 11 is 0. The van der Waals surface area contributed by atoms with Gasteiger partial charge in [0, 0.05) is 12.1 Å². The molecule has 0 bridgehead atoms. The van der Waals surface area contributed by atoms with Gasteiger partial charge in [0.15, 0.2) is 11.5 Å². The van der Waals surface area contributed by atoms with E-state index in [2.05, 4.69) is 17.5 Å². The van der Waals surface area contributed by atoms with Crippen LogP contribution in [0.2, 0.25) is 0 Å². The quantitative estimate of drug-likeness (QED) is 0.778. The van der Waals surface area contributed by atoms with E-state index in [-0.39, 0.29) is 0 Å². The molecule has 2 aliphatic heterocycles. The highest BCUT2D eigenvalue weighted by Crippen LogP contribution is 2.38. The van der Waals surface area contributed by atoms with Gasteiger partial charge in [-0.05, 0) is 24.6 Å². The summed E-state index contributed by atoms with van der Waals surface area (Å²) in [5.74, 6) is 1.80. The first-order valence-electron chi connectivity index (χ1n) is 5.74. The number of hydrogen-bond donors (Lipinski definition) is 1. The van der Waals surface area contributed by atoms with Crippen LogP contribution in [0.3, 0.4) is 0 Å². The van der Waals surface area contributed by atoms with E-state index in [1.165, 1.54) is 11.1 Å². The Kier molecular flexibility index (Phi) is 2.54. The molecule has 0 amide bonds. The SMILES string of the molecule is C1=C(c2cccc3c2OCCO3)CCNC1. The van der Waals surface area contributed by atoms with Gasteiger partial charge in [0.2, 0.25) is 0 Å². The lowest BCUT2D eigenvalue weighted by Crippen LogP contribution is -2.21. The zero-order valence-electron chi connectivity index (χ0n) is 9.16. The van der Waals surface area contributed by atoms with Crippen LogP contribution in [-0.2, 0) is 0 Å². The topological polar surface area (TPSA) is 30.5 Å². The first kappa shape index (κ1) is 9.73. The van der Waals surface area contributed by atoms with E-state index < -0.39 is 0 Å². The molecule has 3 rings (SSSR count). The fourth-order valence-corrected chi connectivity index (χ4v) is 2.19. The zero-order chi connectivity index (χ0) is 10.8. The maximum absolute atomic E-state index is 5.72. The van der Waals surface area contributed by atoms with Gasteiger partial charge in [-0.2, -0.15) is 0 Å². The fraction of sp³-hybridized carbons (Fsp3) is 0.385. The van der Waals surface area contributed by atoms with Gasteiger partial charge in [-0.1, -0.05) is 18.2 Å². The fourth-order valence-electron chi connectivity index (χ4n) is 2.19. The Morgan fingerprint density at radius 1 is 1.12 bits per heavy atom. The van der Waals surface area contributed by atoms with Crippen LogP contribution < -0.4 is 14.8 Å². The highest BCUT2D eigenvalue weighted by molar-refractivity contribution is 5.74. The van der Waals surface area contributed by atoms with Crippen molar-refractivity contribution in [3.05, 3.63) is 29.8 Å². The molecule has 2 heterocycles. The van der Waals surface area contributed by atoms with Crippen molar-refractivity contribution in [2.45, 2.75) is 6.42 Å². The van der Waals surface area contributed by atoms with E-state index in [1.807, 2.05) is 12.1 Å². The lowest BCUT2D eigenvalue weighted by molar-refractivity contribution is 0.171. The zero-order valence-corrected chi connectivity index (χ0v) is 9.16. The molecule has 1 N–H and O–H groups in total. The molecule has 0 spiro atoms. The predicted molar refractivity (Wildman–Crippen MR) is 62.9 cm³/mol. The number of nitrogens with one attached hydrogen (secondary N) is 1. The second-order valence-corrected chi connectivity index (χ2v) is 4.01. The van der Waals surface area contributed by atoms with E-state index in [0.717, 1.165) is 31.0 Å². The Labute approximate surface area is 95.1 Å². The standard InChI is InChI=1S/C13H15NO2/c1-2-11(10-4-6-14-7-5-10)13-12(3-1)15-8-9-16-13/h1-4,14H,5-9H2. The van der Waals surface area contributed by atoms with Gasteiger partial charge >= 0.3 is 0 Å². The van der Waals surface area contributed by atoms with Crippen molar-refractivity contribution in [2.75, 3.05) is 26.3 Å². The monoisotopic (exact) mass is 217 g/mol. The van der Waals surface area contributed by atoms with Crippen molar-refractivity contribution >= 4 is 5.57 Å². The molecule has 1 aromatic carbocycles. The second kappa shape index (κ2) is 4.18. The summed E-state index contributed by atoms with van der Waals surface area (Å²) in [6.45, 7) is 3.28. The lowest BCUT2D eigenvalue weighted by atomic mass is 9.99. The molecule has 0 aromatic heterocycles. The minimum absolute atomic E-state index is 0.648. The van der Waals surface area contributed by atoms with E-state index in [1.54, 1.807) is 0 Å². The van der Waals surface area contributed by atoms with Crippen LogP contribution in [0.4, 0.5) is 0 Å². The van der Waals surface area contributed by atoms with Crippen molar-refractivity contribution in [2.24, 2.45) is 0 Å². The van der Waals surface area contributed by atoms with Crippen molar-refractivity contribution in [3.8, 4) is 11.5 Å². The van der Waals surface area contributed by atoms with Crippen LogP contribution in [0.25, 0.3) is 5.57 Å². The summed E-state index contributed by atoms with van der Waals surface area (Å²) in [6.07, 6.45) is 3.29. The first-order chi connectivity index (χ1) is 7.95. The van der Waals surface area contributed by atoms with E-state index in [4.69, 9.17) is 9.47 Å². The molecular formula is C13H15NO2. The molecule has 1 aromatic rings. The van der Waals surface area contributed by atoms with Crippen molar-refractivity contribution in [3.63, 3.8) is 0 Å². The van der Waals surface area contributed by atoms with Crippen molar-refractivity contribution in [1.29, 1.82) is 0 Å². The summed E-state index contributed by atoms with van der Waals surface area (Å²) in [4.78, 5) is 0. The van der Waals surface area contributed by atoms with Crippen LogP contribution in [0.1, 0.15) is 12.0 Å². The molecule has 3 heteroatoms. The van der Waals surface area contributed by atoms with Crippen molar-refractivity contribution in [1.82, 2.24) is 5.32 Å². The highest BCUT2D eigenvalue weighted by atomic mass is 16.6. The van der Waals surface area contributed by atoms with E-state index in [0.29, 0.717) is 13.2 Å². The molecule has 0 aliphatic carbocycles. The molecule has 84 valence electrons.